The minimum atomic E-state index is -0.410. The van der Waals surface area contributed by atoms with E-state index in [1.54, 1.807) is 25.1 Å². The second-order valence-corrected chi connectivity index (χ2v) is 7.58. The van der Waals surface area contributed by atoms with Gasteiger partial charge in [0, 0.05) is 9.35 Å². The molecule has 1 aromatic carbocycles. The number of carbonyl (C=O) groups excluding carboxylic acids is 2. The third-order valence-electron chi connectivity index (χ3n) is 3.44. The second kappa shape index (κ2) is 8.55. The molecule has 0 aliphatic rings. The SMILES string of the molecule is CCOC(=O)c1c(NC(=S)NC(=O)c2ccccc2Br)sc(C)c1C. The summed E-state index contributed by atoms with van der Waals surface area (Å²) in [4.78, 5) is 25.5. The number of rotatable bonds is 4. The van der Waals surface area contributed by atoms with Gasteiger partial charge in [-0.05, 0) is 66.6 Å². The molecule has 1 heterocycles. The first-order valence-corrected chi connectivity index (χ1v) is 9.50. The smallest absolute Gasteiger partial charge is 0.341 e. The Morgan fingerprint density at radius 3 is 2.60 bits per heavy atom. The third kappa shape index (κ3) is 4.65. The zero-order valence-corrected chi connectivity index (χ0v) is 17.2. The number of hydrogen-bond acceptors (Lipinski definition) is 5. The highest BCUT2D eigenvalue weighted by Crippen LogP contribution is 2.33. The Balaban J connectivity index is 2.16. The molecule has 0 bridgehead atoms. The monoisotopic (exact) mass is 440 g/mol. The van der Waals surface area contributed by atoms with E-state index in [4.69, 9.17) is 17.0 Å². The van der Waals surface area contributed by atoms with Crippen molar-refractivity contribution < 1.29 is 14.3 Å². The van der Waals surface area contributed by atoms with Crippen LogP contribution >= 0.6 is 39.5 Å². The summed E-state index contributed by atoms with van der Waals surface area (Å²) < 4.78 is 5.77. The minimum Gasteiger partial charge on any atom is -0.462 e. The minimum absolute atomic E-state index is 0.118. The van der Waals surface area contributed by atoms with Gasteiger partial charge in [-0.1, -0.05) is 12.1 Å². The molecule has 5 nitrogen and oxygen atoms in total. The first-order chi connectivity index (χ1) is 11.8. The summed E-state index contributed by atoms with van der Waals surface area (Å²) in [7, 11) is 0. The van der Waals surface area contributed by atoms with E-state index >= 15 is 0 Å². The number of amides is 1. The van der Waals surface area contributed by atoms with Crippen LogP contribution in [0, 0.1) is 13.8 Å². The summed E-state index contributed by atoms with van der Waals surface area (Å²) in [6.07, 6.45) is 0. The Hall–Kier alpha value is -1.77. The molecule has 0 radical (unpaired) electrons. The van der Waals surface area contributed by atoms with E-state index in [9.17, 15) is 9.59 Å². The topological polar surface area (TPSA) is 67.4 Å². The summed E-state index contributed by atoms with van der Waals surface area (Å²) in [6.45, 7) is 5.81. The maximum absolute atomic E-state index is 12.3. The van der Waals surface area contributed by atoms with E-state index in [0.29, 0.717) is 20.6 Å². The Bertz CT molecular complexity index is 833. The molecule has 2 rings (SSSR count). The van der Waals surface area contributed by atoms with E-state index in [1.807, 2.05) is 19.9 Å². The molecular weight excluding hydrogens is 424 g/mol. The van der Waals surface area contributed by atoms with Crippen molar-refractivity contribution in [1.29, 1.82) is 0 Å². The zero-order chi connectivity index (χ0) is 18.6. The number of ether oxygens (including phenoxy) is 1. The van der Waals surface area contributed by atoms with Crippen LogP contribution in [0.1, 0.15) is 38.1 Å². The lowest BCUT2D eigenvalue weighted by Crippen LogP contribution is -2.34. The van der Waals surface area contributed by atoms with Crippen LogP contribution < -0.4 is 10.6 Å². The molecule has 8 heteroatoms. The van der Waals surface area contributed by atoms with Crippen LogP contribution in [0.2, 0.25) is 0 Å². The van der Waals surface area contributed by atoms with Crippen molar-refractivity contribution in [3.05, 3.63) is 50.3 Å². The van der Waals surface area contributed by atoms with Gasteiger partial charge in [-0.2, -0.15) is 0 Å². The third-order valence-corrected chi connectivity index (χ3v) is 5.46. The maximum atomic E-state index is 12.3. The van der Waals surface area contributed by atoms with Gasteiger partial charge in [-0.15, -0.1) is 11.3 Å². The van der Waals surface area contributed by atoms with Crippen LogP contribution in [0.5, 0.6) is 0 Å². The fourth-order valence-corrected chi connectivity index (χ4v) is 3.89. The molecule has 0 atom stereocenters. The summed E-state index contributed by atoms with van der Waals surface area (Å²) in [5.74, 6) is -0.751. The first-order valence-electron chi connectivity index (χ1n) is 7.49. The molecule has 132 valence electrons. The van der Waals surface area contributed by atoms with Gasteiger partial charge in [-0.3, -0.25) is 10.1 Å². The highest BCUT2D eigenvalue weighted by Gasteiger charge is 2.22. The lowest BCUT2D eigenvalue weighted by atomic mass is 10.1. The van der Waals surface area contributed by atoms with Crippen molar-refractivity contribution >= 4 is 61.5 Å². The Labute approximate surface area is 163 Å². The molecule has 0 fully saturated rings. The van der Waals surface area contributed by atoms with Crippen molar-refractivity contribution in [3.8, 4) is 0 Å². The van der Waals surface area contributed by atoms with E-state index in [1.165, 1.54) is 11.3 Å². The van der Waals surface area contributed by atoms with Gasteiger partial charge in [0.05, 0.1) is 17.7 Å². The number of thiophene rings is 1. The molecule has 0 aliphatic carbocycles. The van der Waals surface area contributed by atoms with E-state index < -0.39 is 5.97 Å². The van der Waals surface area contributed by atoms with Crippen molar-refractivity contribution in [2.45, 2.75) is 20.8 Å². The lowest BCUT2D eigenvalue weighted by Gasteiger charge is -2.11. The number of carbonyl (C=O) groups is 2. The van der Waals surface area contributed by atoms with Crippen molar-refractivity contribution in [2.24, 2.45) is 0 Å². The van der Waals surface area contributed by atoms with Crippen LogP contribution in [0.4, 0.5) is 5.00 Å². The van der Waals surface area contributed by atoms with Crippen molar-refractivity contribution in [1.82, 2.24) is 5.32 Å². The number of halogens is 1. The van der Waals surface area contributed by atoms with E-state index in [0.717, 1.165) is 10.4 Å². The zero-order valence-electron chi connectivity index (χ0n) is 13.9. The van der Waals surface area contributed by atoms with Crippen molar-refractivity contribution in [2.75, 3.05) is 11.9 Å². The quantitative estimate of drug-likeness (QED) is 0.543. The molecule has 25 heavy (non-hydrogen) atoms. The fraction of sp³-hybridized carbons (Fsp3) is 0.235. The fourth-order valence-electron chi connectivity index (χ4n) is 2.11. The normalized spacial score (nSPS) is 10.2. The van der Waals surface area contributed by atoms with Gasteiger partial charge in [0.15, 0.2) is 5.11 Å². The summed E-state index contributed by atoms with van der Waals surface area (Å²) in [5.41, 5.74) is 1.75. The predicted octanol–water partition coefficient (Wildman–Crippen LogP) is 4.43. The summed E-state index contributed by atoms with van der Waals surface area (Å²) >= 11 is 9.94. The van der Waals surface area contributed by atoms with Crippen LogP contribution in [0.3, 0.4) is 0 Å². The Morgan fingerprint density at radius 2 is 1.96 bits per heavy atom. The second-order valence-electron chi connectivity index (χ2n) is 5.10. The molecule has 0 saturated carbocycles. The van der Waals surface area contributed by atoms with Crippen LogP contribution in [0.25, 0.3) is 0 Å². The van der Waals surface area contributed by atoms with Gasteiger partial charge < -0.3 is 10.1 Å². The van der Waals surface area contributed by atoms with Crippen molar-refractivity contribution in [3.63, 3.8) is 0 Å². The molecule has 2 aromatic rings. The molecule has 0 unspecified atom stereocenters. The number of hydrogen-bond donors (Lipinski definition) is 2. The highest BCUT2D eigenvalue weighted by molar-refractivity contribution is 9.10. The maximum Gasteiger partial charge on any atom is 0.341 e. The molecule has 1 amide bonds. The van der Waals surface area contributed by atoms with Gasteiger partial charge in [0.1, 0.15) is 5.00 Å². The van der Waals surface area contributed by atoms with Gasteiger partial charge >= 0.3 is 5.97 Å². The largest absolute Gasteiger partial charge is 0.462 e. The average molecular weight is 441 g/mol. The van der Waals surface area contributed by atoms with E-state index in [-0.39, 0.29) is 17.6 Å². The number of anilines is 1. The summed E-state index contributed by atoms with van der Waals surface area (Å²) in [5, 5.41) is 6.23. The van der Waals surface area contributed by atoms with Gasteiger partial charge in [-0.25, -0.2) is 4.79 Å². The Morgan fingerprint density at radius 1 is 1.28 bits per heavy atom. The number of esters is 1. The lowest BCUT2D eigenvalue weighted by molar-refractivity contribution is 0.0527. The Kier molecular flexibility index (Phi) is 6.69. The molecule has 1 aromatic heterocycles. The van der Waals surface area contributed by atoms with Gasteiger partial charge in [0.25, 0.3) is 5.91 Å². The molecule has 0 aliphatic heterocycles. The van der Waals surface area contributed by atoms with Crippen LogP contribution in [-0.2, 0) is 4.74 Å². The highest BCUT2D eigenvalue weighted by atomic mass is 79.9. The van der Waals surface area contributed by atoms with E-state index in [2.05, 4.69) is 26.6 Å². The van der Waals surface area contributed by atoms with Crippen LogP contribution in [-0.4, -0.2) is 23.6 Å². The number of nitrogens with one attached hydrogen (secondary N) is 2. The standard InChI is InChI=1S/C17H17BrN2O3S2/c1-4-23-16(22)13-9(2)10(3)25-15(13)20-17(24)19-14(21)11-7-5-6-8-12(11)18/h5-8H,4H2,1-3H3,(H2,19,20,21,24). The molecule has 2 N–H and O–H groups in total. The summed E-state index contributed by atoms with van der Waals surface area (Å²) in [6, 6.07) is 7.04. The van der Waals surface area contributed by atoms with Gasteiger partial charge in [0.2, 0.25) is 0 Å². The molecular formula is C17H17BrN2O3S2. The molecule has 0 spiro atoms. The number of benzene rings is 1. The first kappa shape index (κ1) is 19.6. The predicted molar refractivity (Wildman–Crippen MR) is 108 cm³/mol. The number of aryl methyl sites for hydroxylation is 1. The average Bonchev–Trinajstić information content (AvgIpc) is 2.81. The molecule has 0 saturated heterocycles. The van der Waals surface area contributed by atoms with Crippen LogP contribution in [0.15, 0.2) is 28.7 Å². The number of thiocarbonyl (C=S) groups is 1.